The van der Waals surface area contributed by atoms with Gasteiger partial charge in [0.05, 0.1) is 30.9 Å². The second-order valence-corrected chi connectivity index (χ2v) is 8.75. The molecule has 2 aromatic carbocycles. The molecule has 0 unspecified atom stereocenters. The summed E-state index contributed by atoms with van der Waals surface area (Å²) < 4.78 is 45.1. The van der Waals surface area contributed by atoms with Crippen molar-refractivity contribution in [1.82, 2.24) is 14.7 Å². The van der Waals surface area contributed by atoms with Gasteiger partial charge < -0.3 is 15.0 Å². The number of halogens is 3. The molecule has 2 aromatic rings. The van der Waals surface area contributed by atoms with Gasteiger partial charge >= 0.3 is 6.18 Å². The SMILES string of the molecule is O=C(CN1CCN(C(=O)c2ccccc2C(F)(F)F)CC1)Nc1ccc(CN2CCOCC2)cc1. The van der Waals surface area contributed by atoms with Crippen LogP contribution in [0.25, 0.3) is 0 Å². The second kappa shape index (κ2) is 11.2. The van der Waals surface area contributed by atoms with Gasteiger partial charge in [0.15, 0.2) is 0 Å². The van der Waals surface area contributed by atoms with E-state index in [9.17, 15) is 22.8 Å². The zero-order valence-corrected chi connectivity index (χ0v) is 19.4. The van der Waals surface area contributed by atoms with E-state index >= 15 is 0 Å². The Kier molecular flexibility index (Phi) is 8.04. The molecule has 2 saturated heterocycles. The van der Waals surface area contributed by atoms with Crippen LogP contribution in [-0.2, 0) is 22.3 Å². The normalized spacial score (nSPS) is 17.9. The van der Waals surface area contributed by atoms with Crippen molar-refractivity contribution in [2.24, 2.45) is 0 Å². The minimum absolute atomic E-state index is 0.150. The van der Waals surface area contributed by atoms with Crippen LogP contribution in [0.2, 0.25) is 0 Å². The van der Waals surface area contributed by atoms with Crippen LogP contribution in [0.3, 0.4) is 0 Å². The van der Waals surface area contributed by atoms with Gasteiger partial charge in [0.2, 0.25) is 5.91 Å². The molecule has 2 aliphatic heterocycles. The molecule has 0 atom stereocenters. The molecule has 0 radical (unpaired) electrons. The molecule has 10 heteroatoms. The first-order chi connectivity index (χ1) is 16.8. The minimum Gasteiger partial charge on any atom is -0.379 e. The molecular weight excluding hydrogens is 461 g/mol. The van der Waals surface area contributed by atoms with Crippen LogP contribution in [-0.4, -0.2) is 85.5 Å². The molecule has 0 spiro atoms. The molecule has 0 aliphatic carbocycles. The number of nitrogens with one attached hydrogen (secondary N) is 1. The molecule has 2 amide bonds. The van der Waals surface area contributed by atoms with E-state index in [1.165, 1.54) is 23.1 Å². The number of benzene rings is 2. The highest BCUT2D eigenvalue weighted by atomic mass is 19.4. The summed E-state index contributed by atoms with van der Waals surface area (Å²) in [5.74, 6) is -0.813. The van der Waals surface area contributed by atoms with Gasteiger partial charge in [0, 0.05) is 51.5 Å². The highest BCUT2D eigenvalue weighted by Gasteiger charge is 2.36. The fourth-order valence-electron chi connectivity index (χ4n) is 4.31. The van der Waals surface area contributed by atoms with Crippen molar-refractivity contribution >= 4 is 17.5 Å². The molecule has 1 N–H and O–H groups in total. The fourth-order valence-corrected chi connectivity index (χ4v) is 4.31. The van der Waals surface area contributed by atoms with Crippen molar-refractivity contribution in [1.29, 1.82) is 0 Å². The van der Waals surface area contributed by atoms with Gasteiger partial charge in [0.1, 0.15) is 0 Å². The standard InChI is InChI=1S/C25H29F3N4O3/c26-25(27,28)22-4-2-1-3-21(22)24(34)32-11-9-30(10-12-32)18-23(33)29-20-7-5-19(6-8-20)17-31-13-15-35-16-14-31/h1-8H,9-18H2,(H,29,33). The number of nitrogens with zero attached hydrogens (tertiary/aromatic N) is 3. The van der Waals surface area contributed by atoms with E-state index in [1.807, 2.05) is 29.2 Å². The van der Waals surface area contributed by atoms with E-state index in [4.69, 9.17) is 4.74 Å². The average Bonchev–Trinajstić information content (AvgIpc) is 2.85. The molecular formula is C25H29F3N4O3. The van der Waals surface area contributed by atoms with Crippen LogP contribution < -0.4 is 5.32 Å². The highest BCUT2D eigenvalue weighted by Crippen LogP contribution is 2.32. The molecule has 2 fully saturated rings. The number of hydrogen-bond acceptors (Lipinski definition) is 5. The van der Waals surface area contributed by atoms with Crippen LogP contribution in [0.4, 0.5) is 18.9 Å². The third-order valence-electron chi connectivity index (χ3n) is 6.24. The van der Waals surface area contributed by atoms with Gasteiger partial charge in [0.25, 0.3) is 5.91 Å². The summed E-state index contributed by atoms with van der Waals surface area (Å²) in [6.45, 7) is 5.64. The predicted molar refractivity (Wildman–Crippen MR) is 125 cm³/mol. The van der Waals surface area contributed by atoms with Crippen molar-refractivity contribution in [3.63, 3.8) is 0 Å². The average molecular weight is 491 g/mol. The lowest BCUT2D eigenvalue weighted by molar-refractivity contribution is -0.138. The van der Waals surface area contributed by atoms with Crippen LogP contribution in [0, 0.1) is 0 Å². The Balaban J connectivity index is 1.24. The molecule has 35 heavy (non-hydrogen) atoms. The Hall–Kier alpha value is -2.95. The lowest BCUT2D eigenvalue weighted by Gasteiger charge is -2.34. The summed E-state index contributed by atoms with van der Waals surface area (Å²) in [6.07, 6.45) is -4.59. The number of morpholine rings is 1. The van der Waals surface area contributed by atoms with Gasteiger partial charge in [-0.25, -0.2) is 0 Å². The van der Waals surface area contributed by atoms with Gasteiger partial charge in [-0.05, 0) is 29.8 Å². The Bertz CT molecular complexity index is 1020. The number of hydrogen-bond donors (Lipinski definition) is 1. The van der Waals surface area contributed by atoms with Crippen molar-refractivity contribution in [2.75, 3.05) is 64.3 Å². The number of ether oxygens (including phenoxy) is 1. The number of rotatable bonds is 6. The number of carbonyl (C=O) groups excluding carboxylic acids is 2. The maximum Gasteiger partial charge on any atom is 0.417 e. The number of piperazine rings is 1. The molecule has 2 aliphatic rings. The fraction of sp³-hybridized carbons (Fsp3) is 0.440. The monoisotopic (exact) mass is 490 g/mol. The van der Waals surface area contributed by atoms with E-state index in [2.05, 4.69) is 10.2 Å². The quantitative estimate of drug-likeness (QED) is 0.675. The summed E-state index contributed by atoms with van der Waals surface area (Å²) in [6, 6.07) is 12.6. The van der Waals surface area contributed by atoms with Crippen LogP contribution in [0.15, 0.2) is 48.5 Å². The first-order valence-electron chi connectivity index (χ1n) is 11.7. The molecule has 4 rings (SSSR count). The summed E-state index contributed by atoms with van der Waals surface area (Å²) in [5.41, 5.74) is 0.599. The van der Waals surface area contributed by atoms with E-state index in [-0.39, 0.29) is 31.1 Å². The number of carbonyl (C=O) groups is 2. The Labute approximate surface area is 202 Å². The van der Waals surface area contributed by atoms with Crippen molar-refractivity contribution in [3.05, 3.63) is 65.2 Å². The first kappa shape index (κ1) is 25.2. The minimum atomic E-state index is -4.59. The molecule has 0 aromatic heterocycles. The lowest BCUT2D eigenvalue weighted by atomic mass is 10.1. The predicted octanol–water partition coefficient (Wildman–Crippen LogP) is 2.93. The molecule has 0 saturated carbocycles. The zero-order chi connectivity index (χ0) is 24.8. The molecule has 188 valence electrons. The van der Waals surface area contributed by atoms with Crippen molar-refractivity contribution in [2.45, 2.75) is 12.7 Å². The van der Waals surface area contributed by atoms with E-state index in [1.54, 1.807) is 0 Å². The van der Waals surface area contributed by atoms with Gasteiger partial charge in [-0.1, -0.05) is 24.3 Å². The van der Waals surface area contributed by atoms with Gasteiger partial charge in [-0.2, -0.15) is 13.2 Å². The maximum atomic E-state index is 13.3. The summed E-state index contributed by atoms with van der Waals surface area (Å²) in [5, 5.41) is 2.88. The van der Waals surface area contributed by atoms with Crippen LogP contribution >= 0.6 is 0 Å². The van der Waals surface area contributed by atoms with Crippen LogP contribution in [0.5, 0.6) is 0 Å². The van der Waals surface area contributed by atoms with E-state index < -0.39 is 17.6 Å². The highest BCUT2D eigenvalue weighted by molar-refractivity contribution is 5.96. The summed E-state index contributed by atoms with van der Waals surface area (Å²) in [7, 11) is 0. The topological polar surface area (TPSA) is 65.1 Å². The summed E-state index contributed by atoms with van der Waals surface area (Å²) >= 11 is 0. The Morgan fingerprint density at radius 3 is 2.17 bits per heavy atom. The van der Waals surface area contributed by atoms with E-state index in [0.29, 0.717) is 18.8 Å². The third-order valence-corrected chi connectivity index (χ3v) is 6.24. The summed E-state index contributed by atoms with van der Waals surface area (Å²) in [4.78, 5) is 30.8. The zero-order valence-electron chi connectivity index (χ0n) is 19.4. The maximum absolute atomic E-state index is 13.3. The Morgan fingerprint density at radius 1 is 0.857 bits per heavy atom. The Morgan fingerprint density at radius 2 is 1.51 bits per heavy atom. The molecule has 0 bridgehead atoms. The van der Waals surface area contributed by atoms with E-state index in [0.717, 1.165) is 44.5 Å². The molecule has 2 heterocycles. The largest absolute Gasteiger partial charge is 0.417 e. The smallest absolute Gasteiger partial charge is 0.379 e. The van der Waals surface area contributed by atoms with Gasteiger partial charge in [-0.15, -0.1) is 0 Å². The van der Waals surface area contributed by atoms with Gasteiger partial charge in [-0.3, -0.25) is 19.4 Å². The number of anilines is 1. The number of amides is 2. The van der Waals surface area contributed by atoms with Crippen molar-refractivity contribution in [3.8, 4) is 0 Å². The number of alkyl halides is 3. The van der Waals surface area contributed by atoms with Crippen molar-refractivity contribution < 1.29 is 27.5 Å². The first-order valence-corrected chi connectivity index (χ1v) is 11.7. The molecule has 7 nitrogen and oxygen atoms in total. The lowest BCUT2D eigenvalue weighted by Crippen LogP contribution is -2.50. The second-order valence-electron chi connectivity index (χ2n) is 8.75. The third kappa shape index (κ3) is 6.81. The van der Waals surface area contributed by atoms with Crippen LogP contribution in [0.1, 0.15) is 21.5 Å².